The Morgan fingerprint density at radius 3 is 2.13 bits per heavy atom. The largest absolute Gasteiger partial charge is 0.495 e. The Morgan fingerprint density at radius 2 is 1.73 bits per heavy atom. The minimum Gasteiger partial charge on any atom is -0.495 e. The predicted octanol–water partition coefficient (Wildman–Crippen LogP) is 1.00. The van der Waals surface area contributed by atoms with Gasteiger partial charge in [0.1, 0.15) is 16.4 Å². The lowest BCUT2D eigenvalue weighted by molar-refractivity contribution is 0.392. The molecule has 0 amide bonds. The maximum atomic E-state index is 11.2. The summed E-state index contributed by atoms with van der Waals surface area (Å²) in [7, 11) is -1.16. The van der Waals surface area contributed by atoms with Gasteiger partial charge in [-0.05, 0) is 0 Å². The Morgan fingerprint density at radius 1 is 1.20 bits per heavy atom. The number of nitrogens with two attached hydrogens (primary N) is 1. The minimum absolute atomic E-state index is 0.0864. The molecule has 1 aromatic rings. The molecule has 0 fully saturated rings. The highest BCUT2D eigenvalue weighted by Crippen LogP contribution is 2.34. The maximum absolute atomic E-state index is 11.2. The summed E-state index contributed by atoms with van der Waals surface area (Å²) < 4.78 is 32.1. The normalized spacial score (nSPS) is 11.2. The zero-order valence-corrected chi connectivity index (χ0v) is 9.72. The highest BCUT2D eigenvalue weighted by Gasteiger charge is 2.18. The molecule has 0 unspecified atom stereocenters. The summed E-state index contributed by atoms with van der Waals surface area (Å²) in [5.41, 5.74) is 0. The number of benzene rings is 1. The predicted molar refractivity (Wildman–Crippen MR) is 55.9 cm³/mol. The molecule has 5 nitrogen and oxygen atoms in total. The van der Waals surface area contributed by atoms with Crippen molar-refractivity contribution in [3.63, 3.8) is 0 Å². The van der Waals surface area contributed by atoms with E-state index in [1.54, 1.807) is 0 Å². The first-order valence-corrected chi connectivity index (χ1v) is 5.77. The van der Waals surface area contributed by atoms with E-state index in [0.29, 0.717) is 0 Å². The van der Waals surface area contributed by atoms with E-state index in [1.807, 2.05) is 0 Å². The van der Waals surface area contributed by atoms with Crippen LogP contribution >= 0.6 is 11.6 Å². The fourth-order valence-corrected chi connectivity index (χ4v) is 1.98. The molecule has 0 aromatic heterocycles. The van der Waals surface area contributed by atoms with E-state index in [0.717, 1.165) is 0 Å². The molecule has 1 aromatic carbocycles. The van der Waals surface area contributed by atoms with E-state index in [1.165, 1.54) is 26.4 Å². The average Bonchev–Trinajstić information content (AvgIpc) is 2.15. The second kappa shape index (κ2) is 4.26. The highest BCUT2D eigenvalue weighted by molar-refractivity contribution is 7.89. The number of rotatable bonds is 3. The first-order chi connectivity index (χ1) is 6.90. The minimum atomic E-state index is -3.86. The van der Waals surface area contributed by atoms with Crippen molar-refractivity contribution in [2.45, 2.75) is 4.90 Å². The van der Waals surface area contributed by atoms with Crippen LogP contribution < -0.4 is 14.6 Å². The topological polar surface area (TPSA) is 78.6 Å². The molecule has 0 aliphatic heterocycles. The lowest BCUT2D eigenvalue weighted by atomic mass is 10.3. The van der Waals surface area contributed by atoms with Gasteiger partial charge < -0.3 is 9.47 Å². The van der Waals surface area contributed by atoms with E-state index < -0.39 is 10.0 Å². The first kappa shape index (κ1) is 12.1. The fraction of sp³-hybridized carbons (Fsp3) is 0.250. The molecular formula is C8H10ClNO4S. The summed E-state index contributed by atoms with van der Waals surface area (Å²) in [6.45, 7) is 0. The van der Waals surface area contributed by atoms with Crippen molar-refractivity contribution in [2.24, 2.45) is 5.14 Å². The van der Waals surface area contributed by atoms with Crippen LogP contribution in [0.3, 0.4) is 0 Å². The van der Waals surface area contributed by atoms with Gasteiger partial charge in [-0.1, -0.05) is 11.6 Å². The SMILES string of the molecule is COc1cc(S(N)(=O)=O)c(OC)cc1Cl. The zero-order valence-electron chi connectivity index (χ0n) is 8.15. The number of primary sulfonamides is 1. The lowest BCUT2D eigenvalue weighted by Gasteiger charge is -2.10. The molecule has 0 aliphatic carbocycles. The smallest absolute Gasteiger partial charge is 0.241 e. The van der Waals surface area contributed by atoms with Crippen LogP contribution in [-0.2, 0) is 10.0 Å². The monoisotopic (exact) mass is 251 g/mol. The van der Waals surface area contributed by atoms with Crippen molar-refractivity contribution < 1.29 is 17.9 Å². The molecule has 1 rings (SSSR count). The number of hydrogen-bond acceptors (Lipinski definition) is 4. The summed E-state index contributed by atoms with van der Waals surface area (Å²) >= 11 is 5.79. The zero-order chi connectivity index (χ0) is 11.6. The van der Waals surface area contributed by atoms with Gasteiger partial charge in [0, 0.05) is 12.1 Å². The Bertz CT molecular complexity index is 472. The molecule has 0 spiro atoms. The van der Waals surface area contributed by atoms with E-state index >= 15 is 0 Å². The van der Waals surface area contributed by atoms with Gasteiger partial charge in [0.2, 0.25) is 10.0 Å². The molecule has 0 radical (unpaired) electrons. The van der Waals surface area contributed by atoms with E-state index in [9.17, 15) is 8.42 Å². The van der Waals surface area contributed by atoms with E-state index in [2.05, 4.69) is 0 Å². The summed E-state index contributed by atoms with van der Waals surface area (Å²) in [5, 5.41) is 5.25. The van der Waals surface area contributed by atoms with Gasteiger partial charge in [-0.25, -0.2) is 13.6 Å². The van der Waals surface area contributed by atoms with Crippen molar-refractivity contribution in [3.8, 4) is 11.5 Å². The quantitative estimate of drug-likeness (QED) is 0.869. The number of hydrogen-bond donors (Lipinski definition) is 1. The van der Waals surface area contributed by atoms with Crippen molar-refractivity contribution in [1.82, 2.24) is 0 Å². The molecule has 0 aliphatic rings. The fourth-order valence-electron chi connectivity index (χ4n) is 1.05. The Kier molecular flexibility index (Phi) is 3.43. The lowest BCUT2D eigenvalue weighted by Crippen LogP contribution is -2.13. The van der Waals surface area contributed by atoms with Gasteiger partial charge in [0.15, 0.2) is 0 Å². The van der Waals surface area contributed by atoms with Gasteiger partial charge >= 0.3 is 0 Å². The van der Waals surface area contributed by atoms with Crippen molar-refractivity contribution in [2.75, 3.05) is 14.2 Å². The molecule has 2 N–H and O–H groups in total. The molecular weight excluding hydrogens is 242 g/mol. The van der Waals surface area contributed by atoms with Crippen molar-refractivity contribution in [3.05, 3.63) is 17.2 Å². The van der Waals surface area contributed by atoms with Gasteiger partial charge in [0.05, 0.1) is 19.2 Å². The Balaban J connectivity index is 3.49. The van der Waals surface area contributed by atoms with Gasteiger partial charge in [-0.3, -0.25) is 0 Å². The number of ether oxygens (including phenoxy) is 2. The summed E-state index contributed by atoms with van der Waals surface area (Å²) in [4.78, 5) is -0.161. The van der Waals surface area contributed by atoms with E-state index in [-0.39, 0.29) is 21.4 Å². The summed E-state index contributed by atoms with van der Waals surface area (Å²) in [6.07, 6.45) is 0. The van der Waals surface area contributed by atoms with Gasteiger partial charge in [0.25, 0.3) is 0 Å². The Labute approximate surface area is 92.8 Å². The first-order valence-electron chi connectivity index (χ1n) is 3.84. The van der Waals surface area contributed by atoms with Crippen LogP contribution in [0.25, 0.3) is 0 Å². The third-order valence-corrected chi connectivity index (χ3v) is 2.97. The molecule has 7 heteroatoms. The standard InChI is InChI=1S/C8H10ClNO4S/c1-13-6-4-8(15(10,11)12)7(14-2)3-5(6)9/h3-4H,1-2H3,(H2,10,11,12). The third-order valence-electron chi connectivity index (χ3n) is 1.74. The van der Waals surface area contributed by atoms with Crippen LogP contribution in [0, 0.1) is 0 Å². The van der Waals surface area contributed by atoms with Crippen LogP contribution in [0.15, 0.2) is 17.0 Å². The second-order valence-corrected chi connectivity index (χ2v) is 4.62. The maximum Gasteiger partial charge on any atom is 0.241 e. The molecule has 0 atom stereocenters. The molecule has 15 heavy (non-hydrogen) atoms. The Hall–Kier alpha value is -0.980. The van der Waals surface area contributed by atoms with E-state index in [4.69, 9.17) is 26.2 Å². The molecule has 0 bridgehead atoms. The number of methoxy groups -OCH3 is 2. The van der Waals surface area contributed by atoms with Gasteiger partial charge in [-0.15, -0.1) is 0 Å². The molecule has 84 valence electrons. The molecule has 0 saturated carbocycles. The van der Waals surface area contributed by atoms with Crippen LogP contribution in [0.4, 0.5) is 0 Å². The third kappa shape index (κ3) is 2.53. The van der Waals surface area contributed by atoms with Crippen molar-refractivity contribution >= 4 is 21.6 Å². The van der Waals surface area contributed by atoms with Crippen LogP contribution in [-0.4, -0.2) is 22.6 Å². The summed E-state index contributed by atoms with van der Waals surface area (Å²) in [5.74, 6) is 0.310. The van der Waals surface area contributed by atoms with Crippen LogP contribution in [0.5, 0.6) is 11.5 Å². The number of sulfonamides is 1. The molecule has 0 saturated heterocycles. The van der Waals surface area contributed by atoms with Crippen LogP contribution in [0.1, 0.15) is 0 Å². The van der Waals surface area contributed by atoms with Gasteiger partial charge in [-0.2, -0.15) is 0 Å². The van der Waals surface area contributed by atoms with Crippen molar-refractivity contribution in [1.29, 1.82) is 0 Å². The van der Waals surface area contributed by atoms with Crippen LogP contribution in [0.2, 0.25) is 5.02 Å². The highest BCUT2D eigenvalue weighted by atomic mass is 35.5. The average molecular weight is 252 g/mol. The number of halogens is 1. The second-order valence-electron chi connectivity index (χ2n) is 2.68. The molecule has 0 heterocycles. The summed E-state index contributed by atoms with van der Waals surface area (Å²) in [6, 6.07) is 2.55.